The van der Waals surface area contributed by atoms with Crippen LogP contribution >= 0.6 is 15.9 Å². The summed E-state index contributed by atoms with van der Waals surface area (Å²) in [6, 6.07) is 3.78. The van der Waals surface area contributed by atoms with Gasteiger partial charge in [0.1, 0.15) is 5.75 Å². The summed E-state index contributed by atoms with van der Waals surface area (Å²) in [5, 5.41) is 9.31. The Kier molecular flexibility index (Phi) is 5.51. The monoisotopic (exact) mass is 239 g/mol. The van der Waals surface area contributed by atoms with E-state index in [0.29, 0.717) is 5.75 Å². The molecule has 0 aromatic heterocycles. The van der Waals surface area contributed by atoms with Crippen LogP contribution in [0.3, 0.4) is 0 Å². The van der Waals surface area contributed by atoms with E-state index in [2.05, 4.69) is 15.9 Å². The molecule has 11 heavy (non-hydrogen) atoms. The van der Waals surface area contributed by atoms with Gasteiger partial charge in [-0.25, -0.2) is 0 Å². The van der Waals surface area contributed by atoms with Crippen LogP contribution in [0.1, 0.15) is 11.1 Å². The van der Waals surface area contributed by atoms with Gasteiger partial charge in [0.15, 0.2) is 0 Å². The van der Waals surface area contributed by atoms with Crippen molar-refractivity contribution in [3.63, 3.8) is 0 Å². The molecule has 1 radical (unpaired) electrons. The van der Waals surface area contributed by atoms with Crippen LogP contribution in [0.2, 0.25) is 0 Å². The number of hydrogen-bond donors (Lipinski definition) is 1. The maximum Gasteiger partial charge on any atom is 0.121 e. The molecule has 0 bridgehead atoms. The maximum atomic E-state index is 9.31. The van der Waals surface area contributed by atoms with E-state index >= 15 is 0 Å². The van der Waals surface area contributed by atoms with Crippen LogP contribution in [0.15, 0.2) is 16.6 Å². The van der Waals surface area contributed by atoms with E-state index in [9.17, 15) is 5.11 Å². The van der Waals surface area contributed by atoms with E-state index in [4.69, 9.17) is 0 Å². The predicted molar refractivity (Wildman–Crippen MR) is 51.0 cm³/mol. The molecule has 0 amide bonds. The van der Waals surface area contributed by atoms with Gasteiger partial charge >= 0.3 is 0 Å². The minimum absolute atomic E-state index is 0. The quantitative estimate of drug-likeness (QED) is 0.690. The molecule has 0 fully saturated rings. The van der Waals surface area contributed by atoms with Gasteiger partial charge in [-0.15, -0.1) is 0 Å². The number of halogens is 1. The Balaban J connectivity index is 0.000001000. The Morgan fingerprint density at radius 3 is 1.91 bits per heavy atom. The Bertz CT molecular complexity index is 237. The first-order valence-corrected chi connectivity index (χ1v) is 3.86. The first-order chi connectivity index (χ1) is 4.61. The minimum atomic E-state index is 0. The van der Waals surface area contributed by atoms with Gasteiger partial charge in [0, 0.05) is 55.9 Å². The summed E-state index contributed by atoms with van der Waals surface area (Å²) >= 11 is 3.34. The smallest absolute Gasteiger partial charge is 0.121 e. The number of phenols is 1. The van der Waals surface area contributed by atoms with Crippen molar-refractivity contribution >= 4 is 67.3 Å². The fourth-order valence-electron chi connectivity index (χ4n) is 0.903. The average molecular weight is 240 g/mol. The van der Waals surface area contributed by atoms with Crippen LogP contribution < -0.4 is 0 Å². The average Bonchev–Trinajstić information content (AvgIpc) is 1.82. The molecular weight excluding hydrogens is 231 g/mol. The third-order valence-corrected chi connectivity index (χ3v) is 1.91. The second kappa shape index (κ2) is 4.99. The van der Waals surface area contributed by atoms with Gasteiger partial charge in [-0.3, -0.25) is 0 Å². The fourth-order valence-corrected chi connectivity index (χ4v) is 1.59. The van der Waals surface area contributed by atoms with Crippen molar-refractivity contribution in [2.24, 2.45) is 0 Å². The van der Waals surface area contributed by atoms with Crippen molar-refractivity contribution in [2.75, 3.05) is 0 Å². The van der Waals surface area contributed by atoms with Crippen LogP contribution in [0.4, 0.5) is 0 Å². The van der Waals surface area contributed by atoms with Gasteiger partial charge in [-0.1, -0.05) is 15.9 Å². The Morgan fingerprint density at radius 2 is 1.55 bits per heavy atom. The maximum absolute atomic E-state index is 9.31. The van der Waals surface area contributed by atoms with Crippen molar-refractivity contribution in [1.29, 1.82) is 0 Å². The molecule has 0 aliphatic rings. The van der Waals surface area contributed by atoms with Crippen molar-refractivity contribution in [3.05, 3.63) is 27.7 Å². The standard InChI is InChI=1S/C8H9BrO.K/c1-5-3-7(9)4-6(2)8(5)10;/h3-4,10H,1-2H3;. The topological polar surface area (TPSA) is 20.2 Å². The van der Waals surface area contributed by atoms with Crippen molar-refractivity contribution in [3.8, 4) is 5.75 Å². The van der Waals surface area contributed by atoms with Crippen molar-refractivity contribution in [2.45, 2.75) is 13.8 Å². The molecular formula is C8H9BrKO. The largest absolute Gasteiger partial charge is 0.507 e. The normalized spacial score (nSPS) is 9.00. The van der Waals surface area contributed by atoms with Gasteiger partial charge in [0.2, 0.25) is 0 Å². The molecule has 0 saturated heterocycles. The van der Waals surface area contributed by atoms with Crippen LogP contribution in [-0.2, 0) is 0 Å². The van der Waals surface area contributed by atoms with E-state index < -0.39 is 0 Å². The zero-order valence-electron chi connectivity index (χ0n) is 6.98. The van der Waals surface area contributed by atoms with E-state index in [1.807, 2.05) is 26.0 Å². The molecule has 0 spiro atoms. The van der Waals surface area contributed by atoms with E-state index in [-0.39, 0.29) is 51.4 Å². The van der Waals surface area contributed by atoms with Crippen LogP contribution in [0.5, 0.6) is 5.75 Å². The summed E-state index contributed by atoms with van der Waals surface area (Å²) in [5.41, 5.74) is 1.82. The SMILES string of the molecule is Cc1cc(Br)cc(C)c1O.[K]. The molecule has 0 atom stereocenters. The van der Waals surface area contributed by atoms with Crippen LogP contribution in [-0.4, -0.2) is 56.5 Å². The summed E-state index contributed by atoms with van der Waals surface area (Å²) in [6.45, 7) is 3.76. The van der Waals surface area contributed by atoms with Gasteiger partial charge in [0.25, 0.3) is 0 Å². The molecule has 0 heterocycles. The molecule has 0 aliphatic heterocycles. The Hall–Kier alpha value is 1.14. The molecule has 1 N–H and O–H groups in total. The summed E-state index contributed by atoms with van der Waals surface area (Å²) < 4.78 is 1.01. The summed E-state index contributed by atoms with van der Waals surface area (Å²) in [5.74, 6) is 0.392. The minimum Gasteiger partial charge on any atom is -0.507 e. The summed E-state index contributed by atoms with van der Waals surface area (Å²) in [4.78, 5) is 0. The number of benzene rings is 1. The van der Waals surface area contributed by atoms with Crippen LogP contribution in [0, 0.1) is 13.8 Å². The predicted octanol–water partition coefficient (Wildman–Crippen LogP) is 2.39. The molecule has 0 saturated carbocycles. The number of phenolic OH excluding ortho intramolecular Hbond substituents is 1. The molecule has 1 nitrogen and oxygen atoms in total. The number of rotatable bonds is 0. The first-order valence-electron chi connectivity index (χ1n) is 3.07. The van der Waals surface area contributed by atoms with Gasteiger partial charge < -0.3 is 5.11 Å². The Morgan fingerprint density at radius 1 is 1.18 bits per heavy atom. The number of aromatic hydroxyl groups is 1. The fraction of sp³-hybridized carbons (Fsp3) is 0.250. The molecule has 0 aliphatic carbocycles. The van der Waals surface area contributed by atoms with E-state index in [1.165, 1.54) is 0 Å². The summed E-state index contributed by atoms with van der Waals surface area (Å²) in [6.07, 6.45) is 0. The van der Waals surface area contributed by atoms with Crippen molar-refractivity contribution in [1.82, 2.24) is 0 Å². The zero-order chi connectivity index (χ0) is 7.72. The molecule has 0 unspecified atom stereocenters. The van der Waals surface area contributed by atoms with Crippen molar-refractivity contribution < 1.29 is 5.11 Å². The second-order valence-corrected chi connectivity index (χ2v) is 3.30. The first kappa shape index (κ1) is 12.1. The third-order valence-electron chi connectivity index (χ3n) is 1.46. The van der Waals surface area contributed by atoms with E-state index in [1.54, 1.807) is 0 Å². The third kappa shape index (κ3) is 3.17. The second-order valence-electron chi connectivity index (χ2n) is 2.39. The van der Waals surface area contributed by atoms with Gasteiger partial charge in [-0.2, -0.15) is 0 Å². The number of hydrogen-bond acceptors (Lipinski definition) is 1. The molecule has 1 aromatic rings. The molecule has 3 heteroatoms. The molecule has 55 valence electrons. The Labute approximate surface area is 118 Å². The molecule has 1 rings (SSSR count). The zero-order valence-corrected chi connectivity index (χ0v) is 11.7. The van der Waals surface area contributed by atoms with E-state index in [0.717, 1.165) is 15.6 Å². The number of aryl methyl sites for hydroxylation is 2. The van der Waals surface area contributed by atoms with Gasteiger partial charge in [-0.05, 0) is 37.1 Å². The summed E-state index contributed by atoms with van der Waals surface area (Å²) in [7, 11) is 0. The van der Waals surface area contributed by atoms with Crippen LogP contribution in [0.25, 0.3) is 0 Å². The van der Waals surface area contributed by atoms with Gasteiger partial charge in [0.05, 0.1) is 0 Å². The molecule has 1 aromatic carbocycles.